The number of aromatic nitrogens is 6. The summed E-state index contributed by atoms with van der Waals surface area (Å²) in [4.78, 5) is 38.1. The molecule has 0 radical (unpaired) electrons. The number of sulfonamides is 1. The third kappa shape index (κ3) is 9.42. The summed E-state index contributed by atoms with van der Waals surface area (Å²) in [6.45, 7) is 2.92. The Labute approximate surface area is 347 Å². The van der Waals surface area contributed by atoms with E-state index in [2.05, 4.69) is 46.7 Å². The Hall–Kier alpha value is -5.03. The molecule has 3 aromatic heterocycles. The summed E-state index contributed by atoms with van der Waals surface area (Å²) < 4.78 is 112. The van der Waals surface area contributed by atoms with Crippen LogP contribution < -0.4 is 20.4 Å². The van der Waals surface area contributed by atoms with Crippen molar-refractivity contribution in [2.75, 3.05) is 67.5 Å². The Morgan fingerprint density at radius 3 is 2.39 bits per heavy atom. The van der Waals surface area contributed by atoms with Crippen LogP contribution in [0.4, 0.5) is 48.6 Å². The van der Waals surface area contributed by atoms with Crippen molar-refractivity contribution >= 4 is 50.3 Å². The normalized spacial score (nSPS) is 21.1. The van der Waals surface area contributed by atoms with E-state index < -0.39 is 51.5 Å². The molecular weight excluding hydrogens is 835 g/mol. The number of rotatable bonds is 10. The van der Waals surface area contributed by atoms with Gasteiger partial charge in [0.2, 0.25) is 21.9 Å². The minimum absolute atomic E-state index is 0.157. The topological polar surface area (TPSA) is 167 Å². The first-order valence-electron chi connectivity index (χ1n) is 20.3. The first kappa shape index (κ1) is 42.7. The van der Waals surface area contributed by atoms with E-state index >= 15 is 0 Å². The number of piperidine rings is 3. The Balaban J connectivity index is 0.831. The predicted molar refractivity (Wildman–Crippen MR) is 212 cm³/mol. The molecule has 4 fully saturated rings. The van der Waals surface area contributed by atoms with Gasteiger partial charge in [0.25, 0.3) is 0 Å². The van der Waals surface area contributed by atoms with Crippen molar-refractivity contribution in [3.8, 4) is 11.3 Å². The number of hydrogen-bond donors (Lipinski definition) is 2. The molecule has 4 aromatic rings. The number of alkyl halides is 6. The van der Waals surface area contributed by atoms with Crippen LogP contribution in [0.15, 0.2) is 36.8 Å². The monoisotopic (exact) mass is 880 g/mol. The second kappa shape index (κ2) is 16.7. The number of nitrogens with one attached hydrogen (secondary N) is 2. The molecule has 330 valence electrons. The molecule has 1 atom stereocenters. The highest BCUT2D eigenvalue weighted by Crippen LogP contribution is 2.37. The summed E-state index contributed by atoms with van der Waals surface area (Å²) >= 11 is 0. The lowest BCUT2D eigenvalue weighted by Gasteiger charge is -2.40. The van der Waals surface area contributed by atoms with E-state index in [4.69, 9.17) is 0 Å². The summed E-state index contributed by atoms with van der Waals surface area (Å²) in [5, 5.41) is 13.8. The van der Waals surface area contributed by atoms with Gasteiger partial charge in [-0.15, -0.1) is 0 Å². The molecule has 0 saturated carbocycles. The minimum atomic E-state index is -4.88. The molecular formula is C38H46F6N12O4S. The Bertz CT molecular complexity index is 2370. The van der Waals surface area contributed by atoms with Crippen LogP contribution in [-0.4, -0.2) is 129 Å². The standard InChI is InChI=1S/C38H46F6N12O4S/c1-51-31-17-27(4-5-29(31)34(50-51)56-16-10-32(57)48-36(56)58)53-12-6-24(7-13-53)20-52-11-2-3-28(22-52)61(59,60)55-14-8-26(9-15-55)47-35-45-19-30(38(42,43)44)33(49-35)25-18-46-54(21-25)23-37(39,40)41/h4-5,17-19,21,24,26,28H,2-3,6-16,20,22-23H2,1H3,(H,45,47,49)(H,48,57,58). The zero-order chi connectivity index (χ0) is 43.3. The average Bonchev–Trinajstić information content (AvgIpc) is 3.80. The van der Waals surface area contributed by atoms with E-state index in [0.29, 0.717) is 48.4 Å². The van der Waals surface area contributed by atoms with Crippen LogP contribution in [0.25, 0.3) is 22.2 Å². The van der Waals surface area contributed by atoms with Crippen molar-refractivity contribution in [3.05, 3.63) is 42.4 Å². The van der Waals surface area contributed by atoms with Gasteiger partial charge in [-0.05, 0) is 69.2 Å². The van der Waals surface area contributed by atoms with Crippen molar-refractivity contribution in [2.24, 2.45) is 13.0 Å². The average molecular weight is 881 g/mol. The highest BCUT2D eigenvalue weighted by molar-refractivity contribution is 7.89. The third-order valence-electron chi connectivity index (χ3n) is 12.0. The highest BCUT2D eigenvalue weighted by atomic mass is 32.2. The van der Waals surface area contributed by atoms with Crippen LogP contribution in [0.5, 0.6) is 0 Å². The first-order valence-corrected chi connectivity index (χ1v) is 21.8. The molecule has 0 spiro atoms. The number of carbonyl (C=O) groups is 2. The lowest BCUT2D eigenvalue weighted by Crippen LogP contribution is -2.51. The van der Waals surface area contributed by atoms with Crippen LogP contribution in [0.1, 0.15) is 50.5 Å². The molecule has 16 nitrogen and oxygen atoms in total. The van der Waals surface area contributed by atoms with Crippen molar-refractivity contribution in [3.63, 3.8) is 0 Å². The van der Waals surface area contributed by atoms with Gasteiger partial charge in [0.05, 0.1) is 22.7 Å². The number of anilines is 3. The molecule has 1 aromatic carbocycles. The fourth-order valence-corrected chi connectivity index (χ4v) is 10.8. The molecule has 1 unspecified atom stereocenters. The van der Waals surface area contributed by atoms with Gasteiger partial charge in [0.15, 0.2) is 5.82 Å². The maximum absolute atomic E-state index is 13.9. The number of imide groups is 1. The SMILES string of the molecule is Cn1nc(N2CCC(=O)NC2=O)c2ccc(N3CCC(CN4CCCC(S(=O)(=O)N5CCC(Nc6ncc(C(F)(F)F)c(-c7cnn(CC(F)(F)F)c7)n6)CC5)C4)CC3)cc21. The molecule has 0 aliphatic carbocycles. The maximum Gasteiger partial charge on any atom is 0.419 e. The van der Waals surface area contributed by atoms with E-state index in [1.165, 1.54) is 9.21 Å². The van der Waals surface area contributed by atoms with Crippen molar-refractivity contribution in [2.45, 2.75) is 75.1 Å². The number of fused-ring (bicyclic) bond motifs is 1. The number of amides is 3. The van der Waals surface area contributed by atoms with Crippen molar-refractivity contribution in [1.29, 1.82) is 0 Å². The van der Waals surface area contributed by atoms with Crippen LogP contribution in [0.2, 0.25) is 0 Å². The van der Waals surface area contributed by atoms with Crippen LogP contribution >= 0.6 is 0 Å². The molecule has 2 N–H and O–H groups in total. The molecule has 61 heavy (non-hydrogen) atoms. The number of benzene rings is 1. The molecule has 8 rings (SSSR count). The van der Waals surface area contributed by atoms with Gasteiger partial charge in [0, 0.05) is 94.4 Å². The number of aryl methyl sites for hydroxylation is 1. The van der Waals surface area contributed by atoms with Crippen LogP contribution in [-0.2, 0) is 34.6 Å². The number of halogens is 6. The molecule has 3 amide bonds. The molecule has 23 heteroatoms. The zero-order valence-electron chi connectivity index (χ0n) is 33.3. The number of nitrogens with zero attached hydrogens (tertiary/aromatic N) is 10. The summed E-state index contributed by atoms with van der Waals surface area (Å²) in [6, 6.07) is 5.24. The minimum Gasteiger partial charge on any atom is -0.371 e. The Kier molecular flexibility index (Phi) is 11.7. The van der Waals surface area contributed by atoms with Crippen molar-refractivity contribution in [1.82, 2.24) is 44.1 Å². The molecule has 4 saturated heterocycles. The van der Waals surface area contributed by atoms with E-state index in [9.17, 15) is 44.3 Å². The number of urea groups is 1. The van der Waals surface area contributed by atoms with Crippen molar-refractivity contribution < 1.29 is 44.3 Å². The van der Waals surface area contributed by atoms with E-state index in [-0.39, 0.29) is 49.5 Å². The quantitative estimate of drug-likeness (QED) is 0.210. The summed E-state index contributed by atoms with van der Waals surface area (Å²) in [7, 11) is -1.82. The lowest BCUT2D eigenvalue weighted by molar-refractivity contribution is -0.142. The summed E-state index contributed by atoms with van der Waals surface area (Å²) in [6.07, 6.45) is -3.08. The maximum atomic E-state index is 13.9. The smallest absolute Gasteiger partial charge is 0.371 e. The van der Waals surface area contributed by atoms with Gasteiger partial charge in [0.1, 0.15) is 12.1 Å². The number of carbonyl (C=O) groups excluding carboxylic acids is 2. The van der Waals surface area contributed by atoms with Crippen LogP contribution in [0.3, 0.4) is 0 Å². The van der Waals surface area contributed by atoms with Gasteiger partial charge in [-0.3, -0.25) is 24.4 Å². The molecule has 7 heterocycles. The van der Waals surface area contributed by atoms with Gasteiger partial charge in [-0.2, -0.15) is 36.5 Å². The Morgan fingerprint density at radius 1 is 0.934 bits per heavy atom. The fourth-order valence-electron chi connectivity index (χ4n) is 8.83. The molecule has 4 aliphatic rings. The lowest BCUT2D eigenvalue weighted by atomic mass is 9.95. The van der Waals surface area contributed by atoms with Crippen LogP contribution in [0, 0.1) is 5.92 Å². The van der Waals surface area contributed by atoms with Gasteiger partial charge in [-0.1, -0.05) is 0 Å². The van der Waals surface area contributed by atoms with E-state index in [1.54, 1.807) is 4.68 Å². The first-order chi connectivity index (χ1) is 28.9. The Morgan fingerprint density at radius 2 is 1.69 bits per heavy atom. The van der Waals surface area contributed by atoms with E-state index in [0.717, 1.165) is 74.4 Å². The number of hydrogen-bond acceptors (Lipinski definition) is 11. The predicted octanol–water partition coefficient (Wildman–Crippen LogP) is 4.84. The second-order valence-corrected chi connectivity index (χ2v) is 18.4. The van der Waals surface area contributed by atoms with E-state index in [1.807, 2.05) is 19.2 Å². The van der Waals surface area contributed by atoms with Gasteiger partial charge in [-0.25, -0.2) is 27.5 Å². The fraction of sp³-hybridized carbons (Fsp3) is 0.579. The second-order valence-electron chi connectivity index (χ2n) is 16.2. The zero-order valence-corrected chi connectivity index (χ0v) is 34.1. The van der Waals surface area contributed by atoms with Gasteiger partial charge >= 0.3 is 18.4 Å². The largest absolute Gasteiger partial charge is 0.419 e. The summed E-state index contributed by atoms with van der Waals surface area (Å²) in [5.74, 6) is 0.451. The summed E-state index contributed by atoms with van der Waals surface area (Å²) in [5.41, 5.74) is -0.164. The molecule has 0 bridgehead atoms. The number of likely N-dealkylation sites (tertiary alicyclic amines) is 1. The van der Waals surface area contributed by atoms with Gasteiger partial charge < -0.3 is 15.1 Å². The molecule has 4 aliphatic heterocycles. The third-order valence-corrected chi connectivity index (χ3v) is 14.3. The highest BCUT2D eigenvalue weighted by Gasteiger charge is 2.39.